The Morgan fingerprint density at radius 3 is 2.81 bits per heavy atom. The van der Waals surface area contributed by atoms with Gasteiger partial charge in [0, 0.05) is 18.8 Å². The van der Waals surface area contributed by atoms with E-state index in [0.29, 0.717) is 12.5 Å². The van der Waals surface area contributed by atoms with Crippen molar-refractivity contribution in [2.45, 2.75) is 25.8 Å². The molecule has 0 amide bonds. The molecule has 1 atom stereocenters. The summed E-state index contributed by atoms with van der Waals surface area (Å²) in [5, 5.41) is 6.90. The van der Waals surface area contributed by atoms with Crippen LogP contribution in [-0.4, -0.2) is 13.1 Å². The second-order valence-electron chi connectivity index (χ2n) is 5.75. The summed E-state index contributed by atoms with van der Waals surface area (Å²) in [4.78, 5) is 0. The third-order valence-corrected chi connectivity index (χ3v) is 4.11. The predicted octanol–water partition coefficient (Wildman–Crippen LogP) is 3.69. The largest absolute Gasteiger partial charge is 0.381 e. The van der Waals surface area contributed by atoms with E-state index in [1.807, 2.05) is 12.1 Å². The Bertz CT molecular complexity index is 607. The molecule has 21 heavy (non-hydrogen) atoms. The molecule has 0 spiro atoms. The molecule has 2 aromatic rings. The lowest BCUT2D eigenvalue weighted by atomic mass is 9.95. The SMILES string of the molecule is C[C@@H]1CNCCc2ccc(NCc3ccc(F)cc3)cc21. The van der Waals surface area contributed by atoms with Gasteiger partial charge in [-0.05, 0) is 59.8 Å². The number of halogens is 1. The molecule has 0 radical (unpaired) electrons. The molecule has 110 valence electrons. The lowest BCUT2D eigenvalue weighted by molar-refractivity contribution is 0.627. The van der Waals surface area contributed by atoms with E-state index >= 15 is 0 Å². The van der Waals surface area contributed by atoms with E-state index in [9.17, 15) is 4.39 Å². The van der Waals surface area contributed by atoms with E-state index in [0.717, 1.165) is 30.8 Å². The number of hydrogen-bond donors (Lipinski definition) is 2. The summed E-state index contributed by atoms with van der Waals surface area (Å²) in [6, 6.07) is 13.3. The maximum absolute atomic E-state index is 12.9. The number of rotatable bonds is 3. The van der Waals surface area contributed by atoms with Gasteiger partial charge in [0.25, 0.3) is 0 Å². The van der Waals surface area contributed by atoms with Gasteiger partial charge in [0.1, 0.15) is 5.82 Å². The molecule has 1 aliphatic heterocycles. The van der Waals surface area contributed by atoms with Crippen molar-refractivity contribution in [2.24, 2.45) is 0 Å². The Hall–Kier alpha value is -1.87. The van der Waals surface area contributed by atoms with Gasteiger partial charge in [-0.1, -0.05) is 25.1 Å². The summed E-state index contributed by atoms with van der Waals surface area (Å²) < 4.78 is 12.9. The van der Waals surface area contributed by atoms with Crippen LogP contribution in [0.15, 0.2) is 42.5 Å². The number of anilines is 1. The van der Waals surface area contributed by atoms with Gasteiger partial charge >= 0.3 is 0 Å². The zero-order valence-corrected chi connectivity index (χ0v) is 12.3. The smallest absolute Gasteiger partial charge is 0.123 e. The zero-order chi connectivity index (χ0) is 14.7. The molecule has 3 heteroatoms. The van der Waals surface area contributed by atoms with Crippen LogP contribution < -0.4 is 10.6 Å². The van der Waals surface area contributed by atoms with E-state index in [2.05, 4.69) is 35.8 Å². The lowest BCUT2D eigenvalue weighted by Crippen LogP contribution is -2.18. The zero-order valence-electron chi connectivity index (χ0n) is 12.3. The maximum Gasteiger partial charge on any atom is 0.123 e. The van der Waals surface area contributed by atoms with Crippen LogP contribution in [0.4, 0.5) is 10.1 Å². The van der Waals surface area contributed by atoms with Crippen molar-refractivity contribution >= 4 is 5.69 Å². The molecule has 0 saturated heterocycles. The maximum atomic E-state index is 12.9. The molecule has 0 aromatic heterocycles. The first-order valence-corrected chi connectivity index (χ1v) is 7.54. The van der Waals surface area contributed by atoms with Crippen LogP contribution in [0.1, 0.15) is 29.5 Å². The summed E-state index contributed by atoms with van der Waals surface area (Å²) in [5.41, 5.74) is 5.09. The summed E-state index contributed by atoms with van der Waals surface area (Å²) in [5.74, 6) is 0.347. The van der Waals surface area contributed by atoms with Crippen molar-refractivity contribution in [3.8, 4) is 0 Å². The molecule has 1 aliphatic rings. The monoisotopic (exact) mass is 284 g/mol. The molecule has 1 heterocycles. The standard InChI is InChI=1S/C18H21FN2/c1-13-11-20-9-8-15-4-7-17(10-18(13)15)21-12-14-2-5-16(19)6-3-14/h2-7,10,13,20-21H,8-9,11-12H2,1H3/t13-/m1/s1. The fourth-order valence-electron chi connectivity index (χ4n) is 2.85. The minimum atomic E-state index is -0.190. The van der Waals surface area contributed by atoms with E-state index in [1.165, 1.54) is 23.3 Å². The van der Waals surface area contributed by atoms with Crippen molar-refractivity contribution < 1.29 is 4.39 Å². The van der Waals surface area contributed by atoms with Crippen LogP contribution in [0.2, 0.25) is 0 Å². The molecule has 3 rings (SSSR count). The number of nitrogens with one attached hydrogen (secondary N) is 2. The molecular weight excluding hydrogens is 263 g/mol. The van der Waals surface area contributed by atoms with Crippen LogP contribution in [0.3, 0.4) is 0 Å². The van der Waals surface area contributed by atoms with Crippen LogP contribution in [0.5, 0.6) is 0 Å². The van der Waals surface area contributed by atoms with Crippen molar-refractivity contribution in [3.63, 3.8) is 0 Å². The average Bonchev–Trinajstić information content (AvgIpc) is 2.69. The van der Waals surface area contributed by atoms with Crippen molar-refractivity contribution in [2.75, 3.05) is 18.4 Å². The second-order valence-corrected chi connectivity index (χ2v) is 5.75. The van der Waals surface area contributed by atoms with E-state index in [1.54, 1.807) is 0 Å². The van der Waals surface area contributed by atoms with Gasteiger partial charge in [-0.25, -0.2) is 4.39 Å². The Kier molecular flexibility index (Phi) is 4.20. The van der Waals surface area contributed by atoms with Crippen LogP contribution in [0, 0.1) is 5.82 Å². The van der Waals surface area contributed by atoms with Gasteiger partial charge in [0.15, 0.2) is 0 Å². The van der Waals surface area contributed by atoms with Crippen LogP contribution >= 0.6 is 0 Å². The molecule has 0 saturated carbocycles. The molecule has 2 aromatic carbocycles. The molecule has 0 bridgehead atoms. The molecule has 0 aliphatic carbocycles. The van der Waals surface area contributed by atoms with Gasteiger partial charge in [-0.3, -0.25) is 0 Å². The van der Waals surface area contributed by atoms with E-state index in [4.69, 9.17) is 0 Å². The molecule has 2 nitrogen and oxygen atoms in total. The molecular formula is C18H21FN2. The van der Waals surface area contributed by atoms with Crippen LogP contribution in [0.25, 0.3) is 0 Å². The quantitative estimate of drug-likeness (QED) is 0.898. The number of hydrogen-bond acceptors (Lipinski definition) is 2. The lowest BCUT2D eigenvalue weighted by Gasteiger charge is -2.15. The third kappa shape index (κ3) is 3.42. The van der Waals surface area contributed by atoms with Gasteiger partial charge in [-0.15, -0.1) is 0 Å². The summed E-state index contributed by atoms with van der Waals surface area (Å²) >= 11 is 0. The highest BCUT2D eigenvalue weighted by Crippen LogP contribution is 2.26. The molecule has 0 unspecified atom stereocenters. The van der Waals surface area contributed by atoms with Crippen LogP contribution in [-0.2, 0) is 13.0 Å². The molecule has 0 fully saturated rings. The fraction of sp³-hybridized carbons (Fsp3) is 0.333. The van der Waals surface area contributed by atoms with Gasteiger partial charge < -0.3 is 10.6 Å². The van der Waals surface area contributed by atoms with Gasteiger partial charge in [0.2, 0.25) is 0 Å². The van der Waals surface area contributed by atoms with E-state index in [-0.39, 0.29) is 5.82 Å². The average molecular weight is 284 g/mol. The fourth-order valence-corrected chi connectivity index (χ4v) is 2.85. The van der Waals surface area contributed by atoms with Crippen molar-refractivity contribution in [1.29, 1.82) is 0 Å². The Labute approximate surface area is 125 Å². The summed E-state index contributed by atoms with van der Waals surface area (Å²) in [6.07, 6.45) is 1.10. The second kappa shape index (κ2) is 6.27. The normalized spacial score (nSPS) is 17.9. The minimum absolute atomic E-state index is 0.190. The Morgan fingerprint density at radius 1 is 1.19 bits per heavy atom. The summed E-state index contributed by atoms with van der Waals surface area (Å²) in [7, 11) is 0. The minimum Gasteiger partial charge on any atom is -0.381 e. The van der Waals surface area contributed by atoms with Crippen molar-refractivity contribution in [3.05, 3.63) is 65.0 Å². The first-order valence-electron chi connectivity index (χ1n) is 7.54. The highest BCUT2D eigenvalue weighted by atomic mass is 19.1. The highest BCUT2D eigenvalue weighted by Gasteiger charge is 2.14. The first-order chi connectivity index (χ1) is 10.2. The predicted molar refractivity (Wildman–Crippen MR) is 85.2 cm³/mol. The van der Waals surface area contributed by atoms with Gasteiger partial charge in [-0.2, -0.15) is 0 Å². The Morgan fingerprint density at radius 2 is 2.00 bits per heavy atom. The topological polar surface area (TPSA) is 24.1 Å². The summed E-state index contributed by atoms with van der Waals surface area (Å²) in [6.45, 7) is 5.07. The molecule has 2 N–H and O–H groups in total. The highest BCUT2D eigenvalue weighted by molar-refractivity contribution is 5.50. The third-order valence-electron chi connectivity index (χ3n) is 4.11. The first kappa shape index (κ1) is 14.1. The van der Waals surface area contributed by atoms with Crippen molar-refractivity contribution in [1.82, 2.24) is 5.32 Å². The number of fused-ring (bicyclic) bond motifs is 1. The Balaban J connectivity index is 1.73. The van der Waals surface area contributed by atoms with E-state index < -0.39 is 0 Å². The van der Waals surface area contributed by atoms with Gasteiger partial charge in [0.05, 0.1) is 0 Å². The number of benzene rings is 2.